The first-order chi connectivity index (χ1) is 22.8. The van der Waals surface area contributed by atoms with Gasteiger partial charge in [-0.25, -0.2) is 8.78 Å². The van der Waals surface area contributed by atoms with Crippen LogP contribution in [-0.2, 0) is 4.79 Å². The van der Waals surface area contributed by atoms with Crippen molar-refractivity contribution in [2.75, 3.05) is 49.5 Å². The molecule has 0 saturated carbocycles. The Bertz CT molecular complexity index is 1810. The second-order valence-corrected chi connectivity index (χ2v) is 11.7. The number of halogens is 3. The number of rotatable bonds is 6. The molecule has 1 N–H and O–H groups in total. The van der Waals surface area contributed by atoms with E-state index in [1.165, 1.54) is 11.0 Å². The summed E-state index contributed by atoms with van der Waals surface area (Å²) in [5.74, 6) is -4.76. The third-order valence-electron chi connectivity index (χ3n) is 8.81. The maximum atomic E-state index is 16.0. The minimum Gasteiger partial charge on any atom is -0.337 e. The Hall–Kier alpha value is -4.86. The Morgan fingerprint density at radius 3 is 2.08 bits per heavy atom. The molecular weight excluding hydrogens is 634 g/mol. The van der Waals surface area contributed by atoms with Gasteiger partial charge in [-0.1, -0.05) is 79.7 Å². The van der Waals surface area contributed by atoms with Crippen LogP contribution in [-0.4, -0.2) is 72.7 Å². The molecule has 0 spiro atoms. The number of carbonyl (C=O) groups is 3. The molecule has 4 aromatic rings. The third kappa shape index (κ3) is 7.17. The van der Waals surface area contributed by atoms with E-state index in [1.54, 1.807) is 53.4 Å². The van der Waals surface area contributed by atoms with Gasteiger partial charge in [0.2, 0.25) is 5.91 Å². The van der Waals surface area contributed by atoms with E-state index in [0.717, 1.165) is 12.6 Å². The minimum atomic E-state index is -3.37. The summed E-state index contributed by atoms with van der Waals surface area (Å²) in [4.78, 5) is 46.6. The fourth-order valence-corrected chi connectivity index (χ4v) is 6.24. The van der Waals surface area contributed by atoms with Gasteiger partial charge >= 0.3 is 0 Å². The number of carbonyl (C=O) groups excluding carboxylic acids is 3. The lowest BCUT2D eigenvalue weighted by Gasteiger charge is -2.33. The van der Waals surface area contributed by atoms with Gasteiger partial charge in [-0.15, -0.1) is 12.4 Å². The van der Waals surface area contributed by atoms with E-state index in [1.807, 2.05) is 55.5 Å². The quantitative estimate of drug-likeness (QED) is 0.219. The average Bonchev–Trinajstić information content (AvgIpc) is 3.21. The highest BCUT2D eigenvalue weighted by Gasteiger charge is 2.42. The van der Waals surface area contributed by atoms with Crippen molar-refractivity contribution in [3.63, 3.8) is 0 Å². The zero-order chi connectivity index (χ0) is 33.0. The van der Waals surface area contributed by atoms with Crippen molar-refractivity contribution in [2.24, 2.45) is 0 Å². The number of likely N-dealkylation sites (N-methyl/N-ethyl adjacent to an activating group) is 1. The summed E-state index contributed by atoms with van der Waals surface area (Å²) < 4.78 is 31.9. The van der Waals surface area contributed by atoms with Crippen LogP contribution in [0, 0.1) is 0 Å². The summed E-state index contributed by atoms with van der Waals surface area (Å²) >= 11 is 0. The van der Waals surface area contributed by atoms with E-state index in [0.29, 0.717) is 43.0 Å². The van der Waals surface area contributed by atoms with Gasteiger partial charge in [0.1, 0.15) is 0 Å². The molecule has 0 radical (unpaired) electrons. The van der Waals surface area contributed by atoms with E-state index in [-0.39, 0.29) is 41.3 Å². The molecule has 0 bridgehead atoms. The predicted molar refractivity (Wildman–Crippen MR) is 188 cm³/mol. The van der Waals surface area contributed by atoms with Gasteiger partial charge < -0.3 is 20.0 Å². The molecule has 1 fully saturated rings. The Morgan fingerprint density at radius 1 is 0.771 bits per heavy atom. The van der Waals surface area contributed by atoms with E-state index >= 15 is 8.78 Å². The first-order valence-electron chi connectivity index (χ1n) is 15.8. The normalized spacial score (nSPS) is 16.8. The van der Waals surface area contributed by atoms with E-state index < -0.39 is 35.6 Å². The number of alkyl halides is 2. The van der Waals surface area contributed by atoms with Crippen molar-refractivity contribution in [3.8, 4) is 11.1 Å². The van der Waals surface area contributed by atoms with Gasteiger partial charge in [-0.2, -0.15) is 0 Å². The molecule has 1 saturated heterocycles. The van der Waals surface area contributed by atoms with Crippen LogP contribution in [0.2, 0.25) is 0 Å². The molecule has 48 heavy (non-hydrogen) atoms. The average molecular weight is 671 g/mol. The van der Waals surface area contributed by atoms with Crippen molar-refractivity contribution in [2.45, 2.75) is 19.3 Å². The fraction of sp³-hybridized carbons (Fsp3) is 0.237. The molecule has 0 unspecified atom stereocenters. The fourth-order valence-electron chi connectivity index (χ4n) is 6.24. The zero-order valence-corrected chi connectivity index (χ0v) is 27.4. The molecule has 2 aliphatic rings. The van der Waals surface area contributed by atoms with E-state index in [4.69, 9.17) is 0 Å². The van der Waals surface area contributed by atoms with Crippen molar-refractivity contribution in [1.29, 1.82) is 0 Å². The molecule has 3 amide bonds. The number of anilines is 2. The van der Waals surface area contributed by atoms with Crippen LogP contribution < -0.4 is 10.2 Å². The molecule has 6 rings (SSSR count). The maximum Gasteiger partial charge on any atom is 0.275 e. The lowest BCUT2D eigenvalue weighted by Crippen LogP contribution is -2.48. The Kier molecular flexibility index (Phi) is 10.7. The monoisotopic (exact) mass is 670 g/mol. The van der Waals surface area contributed by atoms with Crippen molar-refractivity contribution in [1.82, 2.24) is 9.80 Å². The standard InChI is InChI=1S/C38H36F2N4O3.ClH/c1-2-42-22-24-43(25-23-42)34(45)26-32-29-16-9-10-19-33(29)44(21-20-38(32,39)40)37(47)31-18-11-17-30(35(31)27-12-5-3-6-13-27)36(46)41-28-14-7-4-8-15-28;/h3-19,26H,2,20-25H2,1H3,(H,41,46);1H. The maximum absolute atomic E-state index is 16.0. The van der Waals surface area contributed by atoms with Gasteiger partial charge in [-0.05, 0) is 42.4 Å². The number of benzene rings is 4. The van der Waals surface area contributed by atoms with Crippen LogP contribution in [0.3, 0.4) is 0 Å². The topological polar surface area (TPSA) is 73.0 Å². The van der Waals surface area contributed by atoms with E-state index in [2.05, 4.69) is 10.2 Å². The number of para-hydroxylation sites is 2. The number of hydrogen-bond donors (Lipinski definition) is 1. The number of fused-ring (bicyclic) bond motifs is 1. The number of piperazine rings is 1. The van der Waals surface area contributed by atoms with Crippen molar-refractivity contribution >= 4 is 47.1 Å². The summed E-state index contributed by atoms with van der Waals surface area (Å²) in [5.41, 5.74) is 2.12. The molecule has 2 aliphatic heterocycles. The first-order valence-corrected chi connectivity index (χ1v) is 15.8. The lowest BCUT2D eigenvalue weighted by molar-refractivity contribution is -0.127. The lowest BCUT2D eigenvalue weighted by atomic mass is 9.92. The summed E-state index contributed by atoms with van der Waals surface area (Å²) in [7, 11) is 0. The highest BCUT2D eigenvalue weighted by atomic mass is 35.5. The summed E-state index contributed by atoms with van der Waals surface area (Å²) in [6.45, 7) is 4.92. The van der Waals surface area contributed by atoms with Gasteiger partial charge in [0.05, 0.1) is 5.69 Å². The molecule has 248 valence electrons. The largest absolute Gasteiger partial charge is 0.337 e. The SMILES string of the molecule is CCN1CCN(C(=O)C=C2c3ccccc3N(C(=O)c3cccc(C(=O)Nc4ccccc4)c3-c3ccccc3)CCC2(F)F)CC1.Cl. The van der Waals surface area contributed by atoms with Gasteiger partial charge in [0.25, 0.3) is 17.7 Å². The number of hydrogen-bond acceptors (Lipinski definition) is 4. The molecule has 7 nitrogen and oxygen atoms in total. The molecular formula is C38H37ClF2N4O3. The van der Waals surface area contributed by atoms with Crippen molar-refractivity contribution in [3.05, 3.63) is 126 Å². The third-order valence-corrected chi connectivity index (χ3v) is 8.81. The molecule has 2 heterocycles. The van der Waals surface area contributed by atoms with Crippen LogP contribution in [0.5, 0.6) is 0 Å². The van der Waals surface area contributed by atoms with Crippen LogP contribution in [0.25, 0.3) is 16.7 Å². The summed E-state index contributed by atoms with van der Waals surface area (Å²) in [5, 5.41) is 2.90. The summed E-state index contributed by atoms with van der Waals surface area (Å²) in [6.07, 6.45) is 0.378. The summed E-state index contributed by atoms with van der Waals surface area (Å²) in [6, 6.07) is 29.4. The highest BCUT2D eigenvalue weighted by molar-refractivity contribution is 6.17. The van der Waals surface area contributed by atoms with Gasteiger partial charge in [-0.3, -0.25) is 14.4 Å². The van der Waals surface area contributed by atoms with E-state index in [9.17, 15) is 14.4 Å². The number of nitrogens with zero attached hydrogens (tertiary/aromatic N) is 3. The Balaban J connectivity index is 0.00000451. The number of allylic oxidation sites excluding steroid dienone is 1. The zero-order valence-electron chi connectivity index (χ0n) is 26.6. The molecule has 10 heteroatoms. The van der Waals surface area contributed by atoms with Crippen LogP contribution in [0.4, 0.5) is 20.2 Å². The highest BCUT2D eigenvalue weighted by Crippen LogP contribution is 2.44. The second-order valence-electron chi connectivity index (χ2n) is 11.7. The minimum absolute atomic E-state index is 0. The number of amides is 3. The molecule has 0 aromatic heterocycles. The molecule has 4 aromatic carbocycles. The Morgan fingerprint density at radius 2 is 1.40 bits per heavy atom. The van der Waals surface area contributed by atoms with Crippen LogP contribution in [0.1, 0.15) is 39.6 Å². The Labute approximate surface area is 285 Å². The van der Waals surface area contributed by atoms with Gasteiger partial charge in [0.15, 0.2) is 0 Å². The smallest absolute Gasteiger partial charge is 0.275 e. The first kappa shape index (κ1) is 34.5. The molecule has 0 atom stereocenters. The number of nitrogens with one attached hydrogen (secondary N) is 1. The van der Waals surface area contributed by atoms with Crippen LogP contribution in [0.15, 0.2) is 109 Å². The van der Waals surface area contributed by atoms with Gasteiger partial charge in [0, 0.05) is 78.7 Å². The van der Waals surface area contributed by atoms with Crippen LogP contribution >= 0.6 is 12.4 Å². The predicted octanol–water partition coefficient (Wildman–Crippen LogP) is 7.26. The molecule has 0 aliphatic carbocycles. The second kappa shape index (κ2) is 14.9. The van der Waals surface area contributed by atoms with Crippen molar-refractivity contribution < 1.29 is 23.2 Å².